The van der Waals surface area contributed by atoms with Crippen molar-refractivity contribution >= 4 is 22.3 Å². The van der Waals surface area contributed by atoms with Gasteiger partial charge in [0, 0.05) is 23.8 Å². The summed E-state index contributed by atoms with van der Waals surface area (Å²) in [6.07, 6.45) is 7.60. The van der Waals surface area contributed by atoms with Gasteiger partial charge in [-0.25, -0.2) is 0 Å². The van der Waals surface area contributed by atoms with Crippen molar-refractivity contribution in [3.63, 3.8) is 0 Å². The van der Waals surface area contributed by atoms with Crippen LogP contribution in [0.25, 0.3) is 10.9 Å². The molecule has 0 radical (unpaired) electrons. The summed E-state index contributed by atoms with van der Waals surface area (Å²) in [6, 6.07) is 8.09. The van der Waals surface area contributed by atoms with Crippen molar-refractivity contribution in [2.45, 2.75) is 25.7 Å². The number of nitrogens with two attached hydrogens (primary N) is 1. The second-order valence-electron chi connectivity index (χ2n) is 6.32. The van der Waals surface area contributed by atoms with Gasteiger partial charge in [0.15, 0.2) is 0 Å². The normalized spacial score (nSPS) is 18.6. The first kappa shape index (κ1) is 12.0. The molecule has 0 spiro atoms. The molecule has 2 aliphatic carbocycles. The Labute approximate surface area is 119 Å². The summed E-state index contributed by atoms with van der Waals surface area (Å²) in [5.74, 6) is 2.83. The number of benzene rings is 1. The first-order valence-electron chi connectivity index (χ1n) is 7.70. The zero-order chi connectivity index (χ0) is 13.5. The fourth-order valence-electron chi connectivity index (χ4n) is 3.35. The molecule has 1 aromatic heterocycles. The second-order valence-corrected chi connectivity index (χ2v) is 6.32. The van der Waals surface area contributed by atoms with Crippen molar-refractivity contribution in [2.24, 2.45) is 17.8 Å². The van der Waals surface area contributed by atoms with Crippen LogP contribution in [0.4, 0.5) is 11.4 Å². The van der Waals surface area contributed by atoms with Gasteiger partial charge in [-0.15, -0.1) is 0 Å². The summed E-state index contributed by atoms with van der Waals surface area (Å²) in [4.78, 5) is 4.40. The number of hydrogen-bond acceptors (Lipinski definition) is 3. The van der Waals surface area contributed by atoms with Gasteiger partial charge in [-0.1, -0.05) is 12.1 Å². The monoisotopic (exact) mass is 267 g/mol. The van der Waals surface area contributed by atoms with E-state index in [1.807, 2.05) is 18.3 Å². The number of aromatic nitrogens is 1. The van der Waals surface area contributed by atoms with Gasteiger partial charge in [-0.2, -0.15) is 0 Å². The fourth-order valence-corrected chi connectivity index (χ4v) is 3.35. The Kier molecular flexibility index (Phi) is 2.79. The maximum atomic E-state index is 6.01. The number of para-hydroxylation sites is 1. The van der Waals surface area contributed by atoms with Crippen molar-refractivity contribution in [2.75, 3.05) is 17.6 Å². The van der Waals surface area contributed by atoms with E-state index in [4.69, 9.17) is 5.73 Å². The van der Waals surface area contributed by atoms with Crippen molar-refractivity contribution in [1.29, 1.82) is 0 Å². The lowest BCUT2D eigenvalue weighted by Crippen LogP contribution is -2.18. The predicted molar refractivity (Wildman–Crippen MR) is 83.6 cm³/mol. The third-order valence-electron chi connectivity index (χ3n) is 4.79. The van der Waals surface area contributed by atoms with Gasteiger partial charge in [-0.3, -0.25) is 4.98 Å². The van der Waals surface area contributed by atoms with Crippen LogP contribution in [0.3, 0.4) is 0 Å². The van der Waals surface area contributed by atoms with Crippen LogP contribution in [0.1, 0.15) is 25.7 Å². The topological polar surface area (TPSA) is 50.9 Å². The highest BCUT2D eigenvalue weighted by molar-refractivity contribution is 5.97. The number of hydrogen-bond donors (Lipinski definition) is 2. The molecule has 0 unspecified atom stereocenters. The second kappa shape index (κ2) is 4.65. The molecule has 2 saturated carbocycles. The Bertz CT molecular complexity index is 617. The molecule has 0 atom stereocenters. The summed E-state index contributed by atoms with van der Waals surface area (Å²) in [6.45, 7) is 1.10. The van der Waals surface area contributed by atoms with E-state index in [1.54, 1.807) is 0 Å². The lowest BCUT2D eigenvalue weighted by Gasteiger charge is -2.18. The minimum Gasteiger partial charge on any atom is -0.397 e. The van der Waals surface area contributed by atoms with Crippen molar-refractivity contribution in [3.8, 4) is 0 Å². The summed E-state index contributed by atoms with van der Waals surface area (Å²) in [7, 11) is 0. The Morgan fingerprint density at radius 3 is 2.60 bits per heavy atom. The number of pyridine rings is 1. The molecule has 2 fully saturated rings. The number of anilines is 2. The number of nitrogens with zero attached hydrogens (tertiary/aromatic N) is 1. The van der Waals surface area contributed by atoms with Crippen molar-refractivity contribution in [1.82, 2.24) is 4.98 Å². The fraction of sp³-hybridized carbons (Fsp3) is 0.471. The molecule has 3 heteroatoms. The van der Waals surface area contributed by atoms with E-state index in [2.05, 4.69) is 22.4 Å². The highest BCUT2D eigenvalue weighted by Gasteiger charge is 2.40. The number of nitrogens with one attached hydrogen (secondary N) is 1. The molecule has 104 valence electrons. The lowest BCUT2D eigenvalue weighted by molar-refractivity contribution is 0.428. The van der Waals surface area contributed by atoms with E-state index in [-0.39, 0.29) is 0 Å². The van der Waals surface area contributed by atoms with Crippen LogP contribution in [0.2, 0.25) is 0 Å². The van der Waals surface area contributed by atoms with Gasteiger partial charge in [0.25, 0.3) is 0 Å². The van der Waals surface area contributed by atoms with E-state index in [0.717, 1.165) is 40.9 Å². The van der Waals surface area contributed by atoms with Crippen LogP contribution in [0.5, 0.6) is 0 Å². The Balaban J connectivity index is 1.57. The van der Waals surface area contributed by atoms with Gasteiger partial charge in [0.2, 0.25) is 0 Å². The van der Waals surface area contributed by atoms with Crippen LogP contribution in [0, 0.1) is 17.8 Å². The summed E-state index contributed by atoms with van der Waals surface area (Å²) in [5.41, 5.74) is 8.85. The zero-order valence-electron chi connectivity index (χ0n) is 11.7. The minimum atomic E-state index is 0.757. The summed E-state index contributed by atoms with van der Waals surface area (Å²) >= 11 is 0. The van der Waals surface area contributed by atoms with E-state index >= 15 is 0 Å². The van der Waals surface area contributed by atoms with Crippen LogP contribution >= 0.6 is 0 Å². The highest BCUT2D eigenvalue weighted by atomic mass is 14.9. The maximum Gasteiger partial charge on any atom is 0.0951 e. The maximum absolute atomic E-state index is 6.01. The van der Waals surface area contributed by atoms with E-state index < -0.39 is 0 Å². The van der Waals surface area contributed by atoms with E-state index in [0.29, 0.717) is 0 Å². The molecule has 2 aliphatic rings. The van der Waals surface area contributed by atoms with Crippen molar-refractivity contribution < 1.29 is 0 Å². The molecule has 0 bridgehead atoms. The number of nitrogen functional groups attached to an aromatic ring is 1. The lowest BCUT2D eigenvalue weighted by atomic mass is 9.98. The molecule has 0 amide bonds. The first-order valence-corrected chi connectivity index (χ1v) is 7.70. The third-order valence-corrected chi connectivity index (χ3v) is 4.79. The Morgan fingerprint density at radius 2 is 1.90 bits per heavy atom. The van der Waals surface area contributed by atoms with Gasteiger partial charge in [0.1, 0.15) is 0 Å². The van der Waals surface area contributed by atoms with Gasteiger partial charge in [0.05, 0.1) is 11.2 Å². The molecular weight excluding hydrogens is 246 g/mol. The molecule has 3 nitrogen and oxygen atoms in total. The van der Waals surface area contributed by atoms with Gasteiger partial charge < -0.3 is 11.1 Å². The third kappa shape index (κ3) is 2.21. The molecule has 1 aromatic carbocycles. The van der Waals surface area contributed by atoms with Gasteiger partial charge in [-0.05, 0) is 55.6 Å². The summed E-state index contributed by atoms with van der Waals surface area (Å²) in [5, 5.41) is 4.80. The van der Waals surface area contributed by atoms with Crippen molar-refractivity contribution in [3.05, 3.63) is 30.5 Å². The first-order chi connectivity index (χ1) is 9.83. The van der Waals surface area contributed by atoms with Crippen LogP contribution in [-0.4, -0.2) is 11.5 Å². The Hall–Kier alpha value is -1.77. The molecular formula is C17H21N3. The van der Waals surface area contributed by atoms with Crippen LogP contribution in [0.15, 0.2) is 30.5 Å². The smallest absolute Gasteiger partial charge is 0.0951 e. The van der Waals surface area contributed by atoms with E-state index in [1.165, 1.54) is 31.4 Å². The zero-order valence-corrected chi connectivity index (χ0v) is 11.7. The van der Waals surface area contributed by atoms with Crippen LogP contribution in [-0.2, 0) is 0 Å². The minimum absolute atomic E-state index is 0.757. The van der Waals surface area contributed by atoms with E-state index in [9.17, 15) is 0 Å². The number of rotatable bonds is 5. The average molecular weight is 267 g/mol. The molecule has 3 N–H and O–H groups in total. The quantitative estimate of drug-likeness (QED) is 0.813. The molecule has 0 aliphatic heterocycles. The average Bonchev–Trinajstić information content (AvgIpc) is 3.34. The Morgan fingerprint density at radius 1 is 1.15 bits per heavy atom. The molecule has 20 heavy (non-hydrogen) atoms. The number of fused-ring (bicyclic) bond motifs is 1. The summed E-state index contributed by atoms with van der Waals surface area (Å²) < 4.78 is 0. The largest absolute Gasteiger partial charge is 0.397 e. The molecule has 2 aromatic rings. The standard InChI is InChI=1S/C17H21N3/c18-15-3-1-2-13-16(8-9-19-17(13)15)20-10-14(11-4-5-11)12-6-7-12/h1-3,8-9,11-12,14H,4-7,10,18H2,(H,19,20). The molecule has 0 saturated heterocycles. The molecule has 4 rings (SSSR count). The van der Waals surface area contributed by atoms with Gasteiger partial charge >= 0.3 is 0 Å². The molecule has 1 heterocycles. The van der Waals surface area contributed by atoms with Crippen LogP contribution < -0.4 is 11.1 Å². The SMILES string of the molecule is Nc1cccc2c(NCC(C3CC3)C3CC3)ccnc12. The predicted octanol–water partition coefficient (Wildman–Crippen LogP) is 3.67. The highest BCUT2D eigenvalue weighted by Crippen LogP contribution is 2.49.